The molecule has 3 aromatic rings. The van der Waals surface area contributed by atoms with E-state index in [1.54, 1.807) is 48.5 Å². The van der Waals surface area contributed by atoms with Gasteiger partial charge in [-0.25, -0.2) is 9.59 Å². The number of hydrogen-bond acceptors (Lipinski definition) is 10. The fourth-order valence-corrected chi connectivity index (χ4v) is 3.99. The second kappa shape index (κ2) is 18.1. The molecule has 242 valence electrons. The third kappa shape index (κ3) is 11.8. The van der Waals surface area contributed by atoms with Crippen LogP contribution in [-0.4, -0.2) is 65.0 Å². The molecular formula is C36H38O10. The van der Waals surface area contributed by atoms with Gasteiger partial charge in [0.15, 0.2) is 6.61 Å². The molecule has 46 heavy (non-hydrogen) atoms. The van der Waals surface area contributed by atoms with Crippen molar-refractivity contribution in [2.24, 2.45) is 5.41 Å². The summed E-state index contributed by atoms with van der Waals surface area (Å²) in [5.74, 6) is 7.20. The van der Waals surface area contributed by atoms with Gasteiger partial charge in [0.25, 0.3) is 0 Å². The molecule has 0 radical (unpaired) electrons. The van der Waals surface area contributed by atoms with Crippen LogP contribution in [0.2, 0.25) is 0 Å². The highest BCUT2D eigenvalue weighted by molar-refractivity contribution is 5.91. The average Bonchev–Trinajstić information content (AvgIpc) is 3.06. The number of hydrogen-bond donors (Lipinski definition) is 0. The van der Waals surface area contributed by atoms with Gasteiger partial charge in [0.2, 0.25) is 6.79 Å². The smallest absolute Gasteiger partial charge is 0.343 e. The van der Waals surface area contributed by atoms with Gasteiger partial charge in [0, 0.05) is 18.1 Å². The highest BCUT2D eigenvalue weighted by atomic mass is 16.7. The first kappa shape index (κ1) is 33.9. The summed E-state index contributed by atoms with van der Waals surface area (Å²) in [6.45, 7) is 9.20. The standard InChI is InChI=1S/C36H38O10/c1-3-34(37)43-23-7-6-22-41-29-10-8-28(9-11-29)35(38)46-33-18-16-32(17-19-33)45-27-44-31-14-12-30(13-15-31)42-21-5-4-20-39-24-36(2)25-40-26-36/h3,8-19H,1,4-5,20-27H2,2H3. The van der Waals surface area contributed by atoms with Gasteiger partial charge >= 0.3 is 11.9 Å². The zero-order valence-corrected chi connectivity index (χ0v) is 25.9. The Kier molecular flexibility index (Phi) is 13.3. The molecule has 3 aromatic carbocycles. The Labute approximate surface area is 269 Å². The summed E-state index contributed by atoms with van der Waals surface area (Å²) < 4.78 is 43.8. The molecule has 0 N–H and O–H groups in total. The van der Waals surface area contributed by atoms with Gasteiger partial charge in [0.1, 0.15) is 35.4 Å². The normalized spacial score (nSPS) is 12.8. The van der Waals surface area contributed by atoms with E-state index in [1.165, 1.54) is 0 Å². The fourth-order valence-electron chi connectivity index (χ4n) is 3.99. The molecule has 0 amide bonds. The van der Waals surface area contributed by atoms with Crippen molar-refractivity contribution in [1.29, 1.82) is 0 Å². The number of rotatable bonds is 18. The molecule has 0 spiro atoms. The molecule has 10 nitrogen and oxygen atoms in total. The van der Waals surface area contributed by atoms with Gasteiger partial charge in [-0.1, -0.05) is 25.3 Å². The molecule has 0 atom stereocenters. The van der Waals surface area contributed by atoms with Gasteiger partial charge in [-0.05, 0) is 85.6 Å². The van der Waals surface area contributed by atoms with Crippen molar-refractivity contribution in [1.82, 2.24) is 0 Å². The van der Waals surface area contributed by atoms with Crippen LogP contribution in [0.25, 0.3) is 0 Å². The van der Waals surface area contributed by atoms with Crippen LogP contribution < -0.4 is 23.7 Å². The van der Waals surface area contributed by atoms with Crippen LogP contribution in [0.1, 0.15) is 30.1 Å². The Morgan fingerprint density at radius 2 is 1.30 bits per heavy atom. The van der Waals surface area contributed by atoms with E-state index in [0.717, 1.165) is 51.1 Å². The van der Waals surface area contributed by atoms with E-state index in [0.29, 0.717) is 35.2 Å². The van der Waals surface area contributed by atoms with Crippen molar-refractivity contribution >= 4 is 11.9 Å². The van der Waals surface area contributed by atoms with Crippen LogP contribution in [0, 0.1) is 17.3 Å². The average molecular weight is 631 g/mol. The van der Waals surface area contributed by atoms with Gasteiger partial charge in [-0.3, -0.25) is 0 Å². The topological polar surface area (TPSA) is 108 Å². The number of carbonyl (C=O) groups is 2. The fraction of sp³-hybridized carbons (Fsp3) is 0.333. The summed E-state index contributed by atoms with van der Waals surface area (Å²) in [4.78, 5) is 23.5. The van der Waals surface area contributed by atoms with Gasteiger partial charge < -0.3 is 37.9 Å². The summed E-state index contributed by atoms with van der Waals surface area (Å²) in [5, 5.41) is 0. The summed E-state index contributed by atoms with van der Waals surface area (Å²) >= 11 is 0. The maximum absolute atomic E-state index is 12.5. The molecule has 1 aliphatic heterocycles. The van der Waals surface area contributed by atoms with Crippen molar-refractivity contribution < 1.29 is 47.5 Å². The summed E-state index contributed by atoms with van der Waals surface area (Å²) in [7, 11) is 0. The molecule has 1 heterocycles. The van der Waals surface area contributed by atoms with Crippen molar-refractivity contribution in [3.63, 3.8) is 0 Å². The first-order valence-corrected chi connectivity index (χ1v) is 14.9. The second-order valence-corrected chi connectivity index (χ2v) is 10.6. The Morgan fingerprint density at radius 3 is 1.91 bits per heavy atom. The molecule has 1 saturated heterocycles. The molecule has 4 rings (SSSR count). The molecule has 10 heteroatoms. The van der Waals surface area contributed by atoms with E-state index in [9.17, 15) is 9.59 Å². The summed E-state index contributed by atoms with van der Waals surface area (Å²) in [6.07, 6.45) is 2.93. The van der Waals surface area contributed by atoms with E-state index in [2.05, 4.69) is 25.3 Å². The van der Waals surface area contributed by atoms with Gasteiger partial charge in [-0.2, -0.15) is 0 Å². The van der Waals surface area contributed by atoms with E-state index in [1.807, 2.05) is 24.3 Å². The quantitative estimate of drug-likeness (QED) is 0.0437. The minimum absolute atomic E-state index is 0.00722. The minimum Gasteiger partial charge on any atom is -0.494 e. The zero-order chi connectivity index (χ0) is 32.5. The molecule has 0 bridgehead atoms. The molecular weight excluding hydrogens is 592 g/mol. The minimum atomic E-state index is -0.537. The van der Waals surface area contributed by atoms with Crippen molar-refractivity contribution in [3.8, 4) is 40.6 Å². The van der Waals surface area contributed by atoms with Gasteiger partial charge in [-0.15, -0.1) is 0 Å². The number of unbranched alkanes of at least 4 members (excludes halogenated alkanes) is 1. The van der Waals surface area contributed by atoms with E-state index in [4.69, 9.17) is 37.9 Å². The Balaban J connectivity index is 1.08. The molecule has 1 fully saturated rings. The van der Waals surface area contributed by atoms with Gasteiger partial charge in [0.05, 0.1) is 32.0 Å². The third-order valence-corrected chi connectivity index (χ3v) is 6.59. The SMILES string of the molecule is C=CC(=O)OCC#CCOc1ccc(C(=O)Oc2ccc(OCOc3ccc(OCCCCOCC4(C)COC4)cc3)cc2)cc1. The van der Waals surface area contributed by atoms with Crippen LogP contribution in [0.15, 0.2) is 85.5 Å². The molecule has 0 saturated carbocycles. The lowest BCUT2D eigenvalue weighted by Crippen LogP contribution is -2.43. The maximum Gasteiger partial charge on any atom is 0.343 e. The molecule has 0 aromatic heterocycles. The number of esters is 2. The lowest BCUT2D eigenvalue weighted by atomic mass is 9.90. The largest absolute Gasteiger partial charge is 0.494 e. The second-order valence-electron chi connectivity index (χ2n) is 10.6. The van der Waals surface area contributed by atoms with Crippen LogP contribution in [-0.2, 0) is 19.0 Å². The summed E-state index contributed by atoms with van der Waals surface area (Å²) in [6, 6.07) is 20.5. The Morgan fingerprint density at radius 1 is 0.761 bits per heavy atom. The number of carbonyl (C=O) groups excluding carboxylic acids is 2. The van der Waals surface area contributed by atoms with Crippen LogP contribution in [0.3, 0.4) is 0 Å². The summed E-state index contributed by atoms with van der Waals surface area (Å²) in [5.41, 5.74) is 0.543. The zero-order valence-electron chi connectivity index (χ0n) is 25.9. The van der Waals surface area contributed by atoms with E-state index < -0.39 is 11.9 Å². The lowest BCUT2D eigenvalue weighted by molar-refractivity contribution is -0.138. The molecule has 0 aliphatic carbocycles. The molecule has 0 unspecified atom stereocenters. The maximum atomic E-state index is 12.5. The predicted molar refractivity (Wildman–Crippen MR) is 169 cm³/mol. The Bertz CT molecular complexity index is 1450. The van der Waals surface area contributed by atoms with Crippen molar-refractivity contribution in [2.45, 2.75) is 19.8 Å². The molecule has 1 aliphatic rings. The van der Waals surface area contributed by atoms with E-state index >= 15 is 0 Å². The monoisotopic (exact) mass is 630 g/mol. The highest BCUT2D eigenvalue weighted by Crippen LogP contribution is 2.26. The highest BCUT2D eigenvalue weighted by Gasteiger charge is 2.33. The Hall–Kier alpha value is -4.98. The van der Waals surface area contributed by atoms with Crippen LogP contribution in [0.5, 0.6) is 28.7 Å². The first-order chi connectivity index (χ1) is 22.4. The lowest BCUT2D eigenvalue weighted by Gasteiger charge is -2.37. The van der Waals surface area contributed by atoms with Crippen LogP contribution >= 0.6 is 0 Å². The predicted octanol–water partition coefficient (Wildman–Crippen LogP) is 5.64. The first-order valence-electron chi connectivity index (χ1n) is 14.9. The number of benzene rings is 3. The van der Waals surface area contributed by atoms with Crippen molar-refractivity contribution in [3.05, 3.63) is 91.0 Å². The third-order valence-electron chi connectivity index (χ3n) is 6.59. The van der Waals surface area contributed by atoms with Crippen LogP contribution in [0.4, 0.5) is 0 Å². The number of ether oxygens (including phenoxy) is 8. The van der Waals surface area contributed by atoms with Crippen molar-refractivity contribution in [2.75, 3.05) is 53.0 Å². The van der Waals surface area contributed by atoms with E-state index in [-0.39, 0.29) is 25.4 Å².